The molecule has 0 saturated carbocycles. The highest BCUT2D eigenvalue weighted by Crippen LogP contribution is 2.22. The normalized spacial score (nSPS) is 20.3. The molecule has 0 spiro atoms. The van der Waals surface area contributed by atoms with Gasteiger partial charge in [0.15, 0.2) is 0 Å². The summed E-state index contributed by atoms with van der Waals surface area (Å²) in [6.07, 6.45) is 0.0765. The number of carboxylic acids is 3. The first-order chi connectivity index (χ1) is 10.7. The van der Waals surface area contributed by atoms with Gasteiger partial charge in [-0.1, -0.05) is 0 Å². The van der Waals surface area contributed by atoms with Crippen LogP contribution in [0.25, 0.3) is 0 Å². The summed E-state index contributed by atoms with van der Waals surface area (Å²) < 4.78 is 0. The number of hydrogen-bond acceptors (Lipinski definition) is 5. The first kappa shape index (κ1) is 16.4. The fourth-order valence-corrected chi connectivity index (χ4v) is 2.40. The highest BCUT2D eigenvalue weighted by atomic mass is 16.4. The Balaban J connectivity index is 2.31. The Labute approximate surface area is 129 Å². The van der Waals surface area contributed by atoms with Gasteiger partial charge in [-0.05, 0) is 24.6 Å². The lowest BCUT2D eigenvalue weighted by molar-refractivity contribution is -0.142. The van der Waals surface area contributed by atoms with Crippen molar-refractivity contribution in [3.05, 3.63) is 34.9 Å². The van der Waals surface area contributed by atoms with E-state index in [2.05, 4.69) is 0 Å². The fourth-order valence-electron chi connectivity index (χ4n) is 2.40. The van der Waals surface area contributed by atoms with Crippen LogP contribution in [0, 0.1) is 0 Å². The van der Waals surface area contributed by atoms with Crippen molar-refractivity contribution in [2.45, 2.75) is 12.0 Å². The summed E-state index contributed by atoms with van der Waals surface area (Å²) in [4.78, 5) is 46.8. The maximum Gasteiger partial charge on any atom is 0.336 e. The van der Waals surface area contributed by atoms with Gasteiger partial charge in [0, 0.05) is 18.7 Å². The van der Waals surface area contributed by atoms with E-state index in [1.807, 2.05) is 0 Å². The van der Waals surface area contributed by atoms with Crippen molar-refractivity contribution in [1.29, 1.82) is 0 Å². The molecule has 0 unspecified atom stereocenters. The molecule has 122 valence electrons. The van der Waals surface area contributed by atoms with Gasteiger partial charge in [-0.15, -0.1) is 0 Å². The zero-order valence-corrected chi connectivity index (χ0v) is 11.9. The molecule has 0 bridgehead atoms. The summed E-state index contributed by atoms with van der Waals surface area (Å²) in [5, 5.41) is 27.1. The Hall–Kier alpha value is -2.94. The van der Waals surface area contributed by atoms with Gasteiger partial charge in [0.2, 0.25) is 0 Å². The minimum atomic E-state index is -1.54. The highest BCUT2D eigenvalue weighted by molar-refractivity contribution is 6.04. The van der Waals surface area contributed by atoms with Gasteiger partial charge in [-0.25, -0.2) is 9.59 Å². The van der Waals surface area contributed by atoms with Crippen LogP contribution >= 0.6 is 0 Å². The molecular weight excluding hydrogens is 308 g/mol. The third-order valence-corrected chi connectivity index (χ3v) is 3.74. The van der Waals surface area contributed by atoms with Crippen LogP contribution in [0.1, 0.15) is 37.5 Å². The van der Waals surface area contributed by atoms with E-state index in [1.54, 1.807) is 0 Å². The maximum atomic E-state index is 12.4. The number of hydrogen-bond donors (Lipinski definition) is 4. The highest BCUT2D eigenvalue weighted by Gasteiger charge is 2.43. The molecule has 0 aromatic heterocycles. The van der Waals surface area contributed by atoms with Crippen molar-refractivity contribution in [1.82, 2.24) is 4.90 Å². The number of likely N-dealkylation sites (tertiary alicyclic amines) is 1. The minimum Gasteiger partial charge on any atom is -0.480 e. The minimum absolute atomic E-state index is 0.0398. The molecule has 1 aliphatic rings. The van der Waals surface area contributed by atoms with E-state index < -0.39 is 40.5 Å². The SMILES string of the molecule is N[C@@]1(C(=O)O)CCN(C(=O)c2ccc(C(=O)O)c(C(=O)O)c2)C1. The number of nitrogens with zero attached hydrogens (tertiary/aromatic N) is 1. The number of carboxylic acid groups (broad SMARTS) is 3. The van der Waals surface area contributed by atoms with Gasteiger partial charge in [0.1, 0.15) is 5.54 Å². The lowest BCUT2D eigenvalue weighted by atomic mass is 10.0. The van der Waals surface area contributed by atoms with E-state index >= 15 is 0 Å². The Kier molecular flexibility index (Phi) is 4.06. The van der Waals surface area contributed by atoms with E-state index in [9.17, 15) is 19.2 Å². The second-order valence-corrected chi connectivity index (χ2v) is 5.31. The topological polar surface area (TPSA) is 158 Å². The van der Waals surface area contributed by atoms with Crippen LogP contribution in [0.3, 0.4) is 0 Å². The number of nitrogens with two attached hydrogens (primary N) is 1. The Morgan fingerprint density at radius 2 is 1.65 bits per heavy atom. The van der Waals surface area contributed by atoms with E-state index in [1.165, 1.54) is 11.0 Å². The van der Waals surface area contributed by atoms with E-state index in [-0.39, 0.29) is 25.1 Å². The van der Waals surface area contributed by atoms with Gasteiger partial charge >= 0.3 is 17.9 Å². The van der Waals surface area contributed by atoms with Crippen LogP contribution in [0.15, 0.2) is 18.2 Å². The lowest BCUT2D eigenvalue weighted by Crippen LogP contribution is -2.50. The smallest absolute Gasteiger partial charge is 0.336 e. The Bertz CT molecular complexity index is 715. The third kappa shape index (κ3) is 2.99. The number of aliphatic carboxylic acids is 1. The number of amides is 1. The number of rotatable bonds is 4. The molecule has 23 heavy (non-hydrogen) atoms. The molecule has 1 aromatic rings. The molecule has 1 fully saturated rings. The summed E-state index contributed by atoms with van der Waals surface area (Å²) in [6, 6.07) is 3.18. The predicted octanol–water partition coefficient (Wildman–Crippen LogP) is -0.289. The van der Waals surface area contributed by atoms with Crippen LogP contribution in [0.5, 0.6) is 0 Å². The molecular formula is C14H14N2O7. The zero-order chi connectivity index (χ0) is 17.4. The molecule has 1 heterocycles. The first-order valence-electron chi connectivity index (χ1n) is 6.58. The summed E-state index contributed by atoms with van der Waals surface area (Å²) in [7, 11) is 0. The van der Waals surface area contributed by atoms with E-state index in [4.69, 9.17) is 21.1 Å². The average Bonchev–Trinajstić information content (AvgIpc) is 2.89. The summed E-state index contributed by atoms with van der Waals surface area (Å²) in [5.41, 5.74) is 3.16. The zero-order valence-electron chi connectivity index (χ0n) is 11.9. The van der Waals surface area contributed by atoms with Crippen LogP contribution in [0.4, 0.5) is 0 Å². The number of carbonyl (C=O) groups is 4. The molecule has 1 aliphatic heterocycles. The number of benzene rings is 1. The third-order valence-electron chi connectivity index (χ3n) is 3.74. The van der Waals surface area contributed by atoms with Crippen LogP contribution in [-0.2, 0) is 4.79 Å². The van der Waals surface area contributed by atoms with Crippen molar-refractivity contribution in [2.24, 2.45) is 5.73 Å². The van der Waals surface area contributed by atoms with Gasteiger partial charge in [-0.2, -0.15) is 0 Å². The van der Waals surface area contributed by atoms with E-state index in [0.717, 1.165) is 12.1 Å². The molecule has 1 amide bonds. The van der Waals surface area contributed by atoms with Crippen LogP contribution in [0.2, 0.25) is 0 Å². The van der Waals surface area contributed by atoms with Gasteiger partial charge in [-0.3, -0.25) is 9.59 Å². The Morgan fingerprint density at radius 1 is 1.04 bits per heavy atom. The second-order valence-electron chi connectivity index (χ2n) is 5.31. The molecule has 1 atom stereocenters. The fraction of sp³-hybridized carbons (Fsp3) is 0.286. The molecule has 0 radical (unpaired) electrons. The summed E-state index contributed by atoms with van der Waals surface area (Å²) >= 11 is 0. The van der Waals surface area contributed by atoms with Gasteiger partial charge < -0.3 is 26.0 Å². The second kappa shape index (κ2) is 5.69. The van der Waals surface area contributed by atoms with Gasteiger partial charge in [0.05, 0.1) is 11.1 Å². The largest absolute Gasteiger partial charge is 0.480 e. The maximum absolute atomic E-state index is 12.4. The van der Waals surface area contributed by atoms with Crippen LogP contribution in [-0.4, -0.2) is 62.7 Å². The van der Waals surface area contributed by atoms with E-state index in [0.29, 0.717) is 0 Å². The first-order valence-corrected chi connectivity index (χ1v) is 6.58. The molecule has 2 rings (SSSR count). The van der Waals surface area contributed by atoms with Crippen molar-refractivity contribution in [3.8, 4) is 0 Å². The van der Waals surface area contributed by atoms with Crippen molar-refractivity contribution < 1.29 is 34.5 Å². The summed E-state index contributed by atoms with van der Waals surface area (Å²) in [6.45, 7) is -0.0883. The van der Waals surface area contributed by atoms with Gasteiger partial charge in [0.25, 0.3) is 5.91 Å². The number of carbonyl (C=O) groups excluding carboxylic acids is 1. The predicted molar refractivity (Wildman–Crippen MR) is 75.4 cm³/mol. The van der Waals surface area contributed by atoms with Crippen molar-refractivity contribution in [3.63, 3.8) is 0 Å². The standard InChI is InChI=1S/C14H14N2O7/c15-14(13(22)23)3-4-16(6-14)10(17)7-1-2-8(11(18)19)9(5-7)12(20)21/h1-2,5H,3-4,6,15H2,(H,18,19)(H,20,21)(H,22,23)/t14-/m0/s1. The molecule has 1 aromatic carbocycles. The van der Waals surface area contributed by atoms with Crippen molar-refractivity contribution >= 4 is 23.8 Å². The van der Waals surface area contributed by atoms with Crippen LogP contribution < -0.4 is 5.73 Å². The molecule has 9 heteroatoms. The Morgan fingerprint density at radius 3 is 2.13 bits per heavy atom. The number of aromatic carboxylic acids is 2. The monoisotopic (exact) mass is 322 g/mol. The lowest BCUT2D eigenvalue weighted by Gasteiger charge is -2.20. The molecule has 9 nitrogen and oxygen atoms in total. The quantitative estimate of drug-likeness (QED) is 0.588. The molecule has 1 saturated heterocycles. The van der Waals surface area contributed by atoms with Crippen molar-refractivity contribution in [2.75, 3.05) is 13.1 Å². The average molecular weight is 322 g/mol. The summed E-state index contributed by atoms with van der Waals surface area (Å²) in [5.74, 6) is -4.72. The molecule has 5 N–H and O–H groups in total. The molecule has 0 aliphatic carbocycles.